The third-order valence-electron chi connectivity index (χ3n) is 3.19. The highest BCUT2D eigenvalue weighted by molar-refractivity contribution is 5.27. The smallest absolute Gasteiger partial charge is 0.162 e. The third kappa shape index (κ3) is 2.38. The van der Waals surface area contributed by atoms with Crippen LogP contribution in [0.4, 0.5) is 0 Å². The van der Waals surface area contributed by atoms with E-state index in [-0.39, 0.29) is 5.92 Å². The SMILES string of the molecule is CCn1ncc(OC)c1C(O)C(C)C(C)C. The molecule has 4 nitrogen and oxygen atoms in total. The lowest BCUT2D eigenvalue weighted by molar-refractivity contribution is 0.0811. The lowest BCUT2D eigenvalue weighted by Crippen LogP contribution is -2.19. The molecule has 1 rings (SSSR count). The molecule has 1 heterocycles. The van der Waals surface area contributed by atoms with Crippen molar-refractivity contribution in [1.82, 2.24) is 9.78 Å². The second-order valence-electron chi connectivity index (χ2n) is 4.46. The van der Waals surface area contributed by atoms with Crippen molar-refractivity contribution in [2.45, 2.75) is 40.3 Å². The van der Waals surface area contributed by atoms with Gasteiger partial charge in [0, 0.05) is 6.54 Å². The highest BCUT2D eigenvalue weighted by atomic mass is 16.5. The lowest BCUT2D eigenvalue weighted by Gasteiger charge is -2.23. The van der Waals surface area contributed by atoms with E-state index in [9.17, 15) is 5.11 Å². The zero-order chi connectivity index (χ0) is 12.3. The Morgan fingerprint density at radius 3 is 2.50 bits per heavy atom. The molecular formula is C12H22N2O2. The van der Waals surface area contributed by atoms with Crippen LogP contribution in [0.5, 0.6) is 5.75 Å². The molecule has 0 amide bonds. The van der Waals surface area contributed by atoms with E-state index in [1.807, 2.05) is 13.8 Å². The standard InChI is InChI=1S/C12H22N2O2/c1-6-14-11(10(16-5)7-13-14)12(15)9(4)8(2)3/h7-9,12,15H,6H2,1-5H3. The van der Waals surface area contributed by atoms with E-state index in [1.165, 1.54) is 0 Å². The molecule has 4 heteroatoms. The fourth-order valence-electron chi connectivity index (χ4n) is 1.70. The summed E-state index contributed by atoms with van der Waals surface area (Å²) in [5.74, 6) is 1.26. The lowest BCUT2D eigenvalue weighted by atomic mass is 9.90. The van der Waals surface area contributed by atoms with E-state index in [2.05, 4.69) is 18.9 Å². The van der Waals surface area contributed by atoms with Gasteiger partial charge >= 0.3 is 0 Å². The minimum atomic E-state index is -0.530. The first-order valence-corrected chi connectivity index (χ1v) is 5.80. The molecule has 0 bridgehead atoms. The van der Waals surface area contributed by atoms with Crippen molar-refractivity contribution >= 4 is 0 Å². The number of nitrogens with zero attached hydrogens (tertiary/aromatic N) is 2. The molecular weight excluding hydrogens is 204 g/mol. The van der Waals surface area contributed by atoms with Crippen molar-refractivity contribution in [3.05, 3.63) is 11.9 Å². The number of hydrogen-bond acceptors (Lipinski definition) is 3. The quantitative estimate of drug-likeness (QED) is 0.837. The summed E-state index contributed by atoms with van der Waals surface area (Å²) in [4.78, 5) is 0. The maximum atomic E-state index is 10.3. The molecule has 0 radical (unpaired) electrons. The predicted molar refractivity (Wildman–Crippen MR) is 63.4 cm³/mol. The van der Waals surface area contributed by atoms with Crippen LogP contribution in [-0.2, 0) is 6.54 Å². The minimum absolute atomic E-state index is 0.177. The molecule has 2 unspecified atom stereocenters. The molecule has 1 N–H and O–H groups in total. The number of aliphatic hydroxyl groups is 1. The van der Waals surface area contributed by atoms with Gasteiger partial charge in [0.05, 0.1) is 13.3 Å². The molecule has 0 spiro atoms. The second-order valence-corrected chi connectivity index (χ2v) is 4.46. The number of aryl methyl sites for hydroxylation is 1. The molecule has 92 valence electrons. The Labute approximate surface area is 97.2 Å². The van der Waals surface area contributed by atoms with Crippen LogP contribution in [0.1, 0.15) is 39.5 Å². The molecule has 0 saturated carbocycles. The first kappa shape index (κ1) is 13.0. The number of hydrogen-bond donors (Lipinski definition) is 1. The third-order valence-corrected chi connectivity index (χ3v) is 3.19. The van der Waals surface area contributed by atoms with Gasteiger partial charge in [0.1, 0.15) is 11.8 Å². The summed E-state index contributed by atoms with van der Waals surface area (Å²) in [6.45, 7) is 8.99. The van der Waals surface area contributed by atoms with Crippen LogP contribution in [0.2, 0.25) is 0 Å². The monoisotopic (exact) mass is 226 g/mol. The zero-order valence-corrected chi connectivity index (χ0v) is 10.8. The highest BCUT2D eigenvalue weighted by Gasteiger charge is 2.26. The first-order chi connectivity index (χ1) is 7.52. The van der Waals surface area contributed by atoms with E-state index in [1.54, 1.807) is 18.0 Å². The van der Waals surface area contributed by atoms with E-state index < -0.39 is 6.10 Å². The molecule has 2 atom stereocenters. The Balaban J connectivity index is 3.04. The molecule has 0 fully saturated rings. The maximum absolute atomic E-state index is 10.3. The molecule has 0 aromatic carbocycles. The Kier molecular flexibility index (Phi) is 4.35. The van der Waals surface area contributed by atoms with Crippen LogP contribution in [0.25, 0.3) is 0 Å². The Morgan fingerprint density at radius 1 is 1.44 bits per heavy atom. The van der Waals surface area contributed by atoms with Gasteiger partial charge in [-0.1, -0.05) is 20.8 Å². The van der Waals surface area contributed by atoms with Crippen LogP contribution < -0.4 is 4.74 Å². The molecule has 0 saturated heterocycles. The molecule has 1 aromatic rings. The van der Waals surface area contributed by atoms with Crippen molar-refractivity contribution < 1.29 is 9.84 Å². The van der Waals surface area contributed by atoms with Crippen LogP contribution >= 0.6 is 0 Å². The maximum Gasteiger partial charge on any atom is 0.162 e. The summed E-state index contributed by atoms with van der Waals surface area (Å²) in [6, 6.07) is 0. The summed E-state index contributed by atoms with van der Waals surface area (Å²) in [6.07, 6.45) is 1.13. The summed E-state index contributed by atoms with van der Waals surface area (Å²) in [5, 5.41) is 14.5. The molecule has 0 aliphatic heterocycles. The Hall–Kier alpha value is -1.03. The van der Waals surface area contributed by atoms with Gasteiger partial charge in [-0.2, -0.15) is 5.10 Å². The van der Waals surface area contributed by atoms with E-state index >= 15 is 0 Å². The number of aromatic nitrogens is 2. The van der Waals surface area contributed by atoms with Gasteiger partial charge < -0.3 is 9.84 Å². The zero-order valence-electron chi connectivity index (χ0n) is 10.8. The average Bonchev–Trinajstić information content (AvgIpc) is 2.69. The predicted octanol–water partition coefficient (Wildman–Crippen LogP) is 2.24. The van der Waals surface area contributed by atoms with E-state index in [4.69, 9.17) is 4.74 Å². The van der Waals surface area contributed by atoms with Gasteiger partial charge in [-0.15, -0.1) is 0 Å². The van der Waals surface area contributed by atoms with Crippen LogP contribution in [-0.4, -0.2) is 22.0 Å². The van der Waals surface area contributed by atoms with Crippen LogP contribution in [0.3, 0.4) is 0 Å². The van der Waals surface area contributed by atoms with Gasteiger partial charge in [-0.25, -0.2) is 0 Å². The van der Waals surface area contributed by atoms with Crippen molar-refractivity contribution in [2.24, 2.45) is 11.8 Å². The topological polar surface area (TPSA) is 47.3 Å². The summed E-state index contributed by atoms with van der Waals surface area (Å²) in [7, 11) is 1.60. The average molecular weight is 226 g/mol. The van der Waals surface area contributed by atoms with Gasteiger partial charge in [0.15, 0.2) is 5.75 Å². The highest BCUT2D eigenvalue weighted by Crippen LogP contribution is 2.33. The first-order valence-electron chi connectivity index (χ1n) is 5.80. The summed E-state index contributed by atoms with van der Waals surface area (Å²) < 4.78 is 7.03. The minimum Gasteiger partial charge on any atom is -0.493 e. The number of aliphatic hydroxyl groups excluding tert-OH is 1. The van der Waals surface area contributed by atoms with Crippen LogP contribution in [0, 0.1) is 11.8 Å². The van der Waals surface area contributed by atoms with Gasteiger partial charge in [-0.3, -0.25) is 4.68 Å². The number of rotatable bonds is 5. The fourth-order valence-corrected chi connectivity index (χ4v) is 1.70. The number of ether oxygens (including phenoxy) is 1. The Bertz CT molecular complexity index is 312. The van der Waals surface area contributed by atoms with Crippen molar-refractivity contribution in [3.63, 3.8) is 0 Å². The van der Waals surface area contributed by atoms with Crippen molar-refractivity contribution in [2.75, 3.05) is 7.11 Å². The second kappa shape index (κ2) is 5.34. The normalized spacial score (nSPS) is 15.2. The molecule has 16 heavy (non-hydrogen) atoms. The largest absolute Gasteiger partial charge is 0.493 e. The Morgan fingerprint density at radius 2 is 2.06 bits per heavy atom. The molecule has 1 aromatic heterocycles. The van der Waals surface area contributed by atoms with Gasteiger partial charge in [0.25, 0.3) is 0 Å². The molecule has 0 aliphatic carbocycles. The van der Waals surface area contributed by atoms with Crippen LogP contribution in [0.15, 0.2) is 6.20 Å². The summed E-state index contributed by atoms with van der Waals surface area (Å²) >= 11 is 0. The number of methoxy groups -OCH3 is 1. The molecule has 0 aliphatic rings. The van der Waals surface area contributed by atoms with E-state index in [0.717, 1.165) is 12.2 Å². The van der Waals surface area contributed by atoms with Gasteiger partial charge in [0.2, 0.25) is 0 Å². The van der Waals surface area contributed by atoms with E-state index in [0.29, 0.717) is 11.7 Å². The fraction of sp³-hybridized carbons (Fsp3) is 0.750. The van der Waals surface area contributed by atoms with Gasteiger partial charge in [-0.05, 0) is 18.8 Å². The summed E-state index contributed by atoms with van der Waals surface area (Å²) in [5.41, 5.74) is 0.784. The van der Waals surface area contributed by atoms with Crippen molar-refractivity contribution in [1.29, 1.82) is 0 Å². The van der Waals surface area contributed by atoms with Crippen molar-refractivity contribution in [3.8, 4) is 5.75 Å².